The van der Waals surface area contributed by atoms with E-state index in [4.69, 9.17) is 11.5 Å². The Labute approximate surface area is 621 Å². The fourth-order valence-electron chi connectivity index (χ4n) is 13.6. The lowest BCUT2D eigenvalue weighted by molar-refractivity contribution is -0.143. The van der Waals surface area contributed by atoms with Crippen molar-refractivity contribution in [2.24, 2.45) is 35.1 Å². The third-order valence-corrected chi connectivity index (χ3v) is 19.3. The number of phenolic OH excluding ortho intramolecular Hbond substituents is 2. The van der Waals surface area contributed by atoms with Crippen molar-refractivity contribution in [1.29, 1.82) is 0 Å². The Hall–Kier alpha value is -9.96. The Morgan fingerprint density at radius 2 is 0.632 bits per heavy atom. The Morgan fingerprint density at radius 3 is 0.953 bits per heavy atom. The van der Waals surface area contributed by atoms with Crippen LogP contribution in [0.4, 0.5) is 0 Å². The van der Waals surface area contributed by atoms with E-state index in [-0.39, 0.29) is 127 Å². The van der Waals surface area contributed by atoms with E-state index >= 15 is 19.2 Å². The molecule has 4 aromatic carbocycles. The maximum atomic E-state index is 15.3. The molecule has 4 aromatic rings. The summed E-state index contributed by atoms with van der Waals surface area (Å²) in [5, 5.41) is 49.0. The molecule has 0 aromatic heterocycles. The highest BCUT2D eigenvalue weighted by molar-refractivity contribution is 6.01. The number of nitrogens with two attached hydrogens (primary N) is 2. The van der Waals surface area contributed by atoms with Crippen LogP contribution in [-0.4, -0.2) is 190 Å². The van der Waals surface area contributed by atoms with Gasteiger partial charge in [0.25, 0.3) is 0 Å². The summed E-state index contributed by atoms with van der Waals surface area (Å²) >= 11 is 0. The molecular formula is C78H110N14O14. The minimum absolute atomic E-state index is 0.00835. The fraction of sp³-hybridized carbons (Fsp3) is 0.538. The zero-order chi connectivity index (χ0) is 77.3. The summed E-state index contributed by atoms with van der Waals surface area (Å²) in [6, 6.07) is 13.6. The van der Waals surface area contributed by atoms with Gasteiger partial charge in [-0.05, 0) is 147 Å². The first kappa shape index (κ1) is 83.3. The number of hydrogen-bond donors (Lipinski definition) is 14. The second-order valence-electron chi connectivity index (χ2n) is 29.6. The molecule has 16 N–H and O–H groups in total. The minimum atomic E-state index is -1.40. The lowest BCUT2D eigenvalue weighted by Crippen LogP contribution is -2.62. The van der Waals surface area contributed by atoms with Gasteiger partial charge in [-0.15, -0.1) is 0 Å². The van der Waals surface area contributed by atoms with Gasteiger partial charge in [0.2, 0.25) is 70.9 Å². The largest absolute Gasteiger partial charge is 0.508 e. The monoisotopic (exact) mass is 1470 g/mol. The maximum absolute atomic E-state index is 15.3. The van der Waals surface area contributed by atoms with Crippen molar-refractivity contribution in [2.75, 3.05) is 26.2 Å². The molecule has 576 valence electrons. The Kier molecular flexibility index (Phi) is 31.8. The number of phenols is 2. The number of nitrogens with zero attached hydrogens (tertiary/aromatic N) is 2. The van der Waals surface area contributed by atoms with Crippen LogP contribution in [0.25, 0.3) is 0 Å². The van der Waals surface area contributed by atoms with Crippen LogP contribution >= 0.6 is 0 Å². The molecule has 3 fully saturated rings. The Morgan fingerprint density at radius 1 is 0.349 bits per heavy atom. The molecule has 0 unspecified atom stereocenters. The summed E-state index contributed by atoms with van der Waals surface area (Å²) in [6.45, 7) is 14.4. The number of carbonyl (C=O) groups excluding carboxylic acids is 12. The zero-order valence-electron chi connectivity index (χ0n) is 62.2. The van der Waals surface area contributed by atoms with Crippen LogP contribution in [0.1, 0.15) is 142 Å². The molecule has 106 heavy (non-hydrogen) atoms. The van der Waals surface area contributed by atoms with Gasteiger partial charge in [0, 0.05) is 38.8 Å². The highest BCUT2D eigenvalue weighted by atomic mass is 16.3. The number of benzene rings is 4. The van der Waals surface area contributed by atoms with E-state index in [0.29, 0.717) is 35.1 Å². The molecule has 28 nitrogen and oxygen atoms in total. The van der Waals surface area contributed by atoms with Crippen LogP contribution in [0.3, 0.4) is 0 Å². The average molecular weight is 1470 g/mol. The smallest absolute Gasteiger partial charge is 0.246 e. The van der Waals surface area contributed by atoms with Gasteiger partial charge < -0.3 is 84.6 Å². The molecule has 0 saturated carbocycles. The Balaban J connectivity index is 1.30. The van der Waals surface area contributed by atoms with Crippen molar-refractivity contribution < 1.29 is 67.7 Å². The second kappa shape index (κ2) is 40.5. The lowest BCUT2D eigenvalue weighted by atomic mass is 9.98. The summed E-state index contributed by atoms with van der Waals surface area (Å²) in [5.74, 6) is -10.8. The van der Waals surface area contributed by atoms with Crippen molar-refractivity contribution in [2.45, 2.75) is 218 Å². The number of rotatable bonds is 20. The van der Waals surface area contributed by atoms with Crippen LogP contribution < -0.4 is 64.6 Å². The van der Waals surface area contributed by atoms with Crippen molar-refractivity contribution in [1.82, 2.24) is 63.0 Å². The topological polar surface area (TPSA) is 424 Å². The van der Waals surface area contributed by atoms with Crippen molar-refractivity contribution in [3.63, 3.8) is 0 Å². The molecule has 0 bridgehead atoms. The first-order chi connectivity index (χ1) is 50.5. The standard InChI is InChI=1S/C78H110N14O14/c1-45(2)39-57-69(97)85-59(41-49-19-11-9-12-20-49)71(99)87-61(43-51-27-31-53(93)32-28-51)77(105)91-37-17-26-64(91)74(102)90-66(48(7)8)76(104)82-56(24-16-36-80)68(96)84-58(40-46(3)4)70(98)86-60(42-50-21-13-10-14-22-50)72(100)88-62(44-52-29-33-54(94)34-30-52)78(106)92-38-18-25-63(92)73(101)89-65(47(5)6)75(103)81-55(23-15-35-79)67(95)83-57/h9-14,19-22,27-34,45-48,55-66,93-94H,15-18,23-26,35-44,79-80H2,1-8H3,(H,81,103)(H,82,104)(H,83,95)(H,84,96)(H,85,97)(H,86,98)(H,87,99)(H,88,100)(H,89,101)(H,90,102)/t55-,56-,57-,58-,59+,60+,61+,62+,63-,64-,65-,66-/m0/s1. The molecule has 3 aliphatic heterocycles. The minimum Gasteiger partial charge on any atom is -0.508 e. The number of amides is 12. The number of nitrogens with one attached hydrogen (secondary N) is 10. The Bertz CT molecular complexity index is 3400. The summed E-state index contributed by atoms with van der Waals surface area (Å²) in [5.41, 5.74) is 14.2. The van der Waals surface area contributed by atoms with Gasteiger partial charge in [0.05, 0.1) is 0 Å². The summed E-state index contributed by atoms with van der Waals surface area (Å²) in [6.07, 6.45) is 1.00. The van der Waals surface area contributed by atoms with Gasteiger partial charge in [0.15, 0.2) is 0 Å². The van der Waals surface area contributed by atoms with E-state index < -0.39 is 155 Å². The van der Waals surface area contributed by atoms with Gasteiger partial charge in [-0.3, -0.25) is 57.5 Å². The summed E-state index contributed by atoms with van der Waals surface area (Å²) in [7, 11) is 0. The van der Waals surface area contributed by atoms with E-state index in [1.807, 2.05) is 27.7 Å². The van der Waals surface area contributed by atoms with E-state index in [2.05, 4.69) is 53.2 Å². The number of hydrogen-bond acceptors (Lipinski definition) is 16. The summed E-state index contributed by atoms with van der Waals surface area (Å²) in [4.78, 5) is 182. The molecule has 0 aliphatic carbocycles. The molecule has 0 spiro atoms. The second-order valence-corrected chi connectivity index (χ2v) is 29.6. The molecule has 3 saturated heterocycles. The van der Waals surface area contributed by atoms with Gasteiger partial charge in [0.1, 0.15) is 84.0 Å². The average Bonchev–Trinajstić information content (AvgIpc) is 1.56. The fourth-order valence-corrected chi connectivity index (χ4v) is 13.6. The maximum Gasteiger partial charge on any atom is 0.246 e. The molecule has 12 atom stereocenters. The van der Waals surface area contributed by atoms with Gasteiger partial charge in [-0.25, -0.2) is 0 Å². The van der Waals surface area contributed by atoms with E-state index in [1.165, 1.54) is 34.1 Å². The normalized spacial score (nSPS) is 25.2. The molecule has 28 heteroatoms. The predicted octanol–water partition coefficient (Wildman–Crippen LogP) is 2.09. The quantitative estimate of drug-likeness (QED) is 0.0602. The molecule has 12 amide bonds. The zero-order valence-corrected chi connectivity index (χ0v) is 62.2. The van der Waals surface area contributed by atoms with Gasteiger partial charge in [-0.2, -0.15) is 0 Å². The number of aromatic hydroxyl groups is 2. The van der Waals surface area contributed by atoms with Crippen LogP contribution in [0.5, 0.6) is 11.5 Å². The summed E-state index contributed by atoms with van der Waals surface area (Å²) < 4.78 is 0. The molecular weight excluding hydrogens is 1360 g/mol. The first-order valence-corrected chi connectivity index (χ1v) is 37.2. The van der Waals surface area contributed by atoms with Gasteiger partial charge >= 0.3 is 0 Å². The van der Waals surface area contributed by atoms with Crippen LogP contribution in [0.15, 0.2) is 109 Å². The SMILES string of the molecule is CC(C)C[C@@H]1NC(=O)[C@H](CCCN)NC(=O)[C@H](C(C)C)NC(=O)[C@@H]2CCCN2C(=O)[C@@H](Cc2ccc(O)cc2)NC(=O)[C@@H](Cc2ccccc2)NC(=O)[C@H](CC(C)C)NC(=O)[C@H](CCCN)NC(=O)[C@H](C(C)C)NC(=O)[C@@H]2CCCN2C(=O)[C@@H](Cc2ccc(O)cc2)NC(=O)[C@@H](Cc2ccccc2)NC1=O. The van der Waals surface area contributed by atoms with Crippen molar-refractivity contribution >= 4 is 70.9 Å². The first-order valence-electron chi connectivity index (χ1n) is 37.2. The van der Waals surface area contributed by atoms with Gasteiger partial charge in [-0.1, -0.05) is 140 Å². The van der Waals surface area contributed by atoms with Crippen molar-refractivity contribution in [3.8, 4) is 11.5 Å². The van der Waals surface area contributed by atoms with Crippen LogP contribution in [0, 0.1) is 23.7 Å². The van der Waals surface area contributed by atoms with Crippen molar-refractivity contribution in [3.05, 3.63) is 131 Å². The van der Waals surface area contributed by atoms with E-state index in [9.17, 15) is 48.6 Å². The third kappa shape index (κ3) is 24.6. The van der Waals surface area contributed by atoms with Crippen LogP contribution in [0.2, 0.25) is 0 Å². The molecule has 3 aliphatic rings. The lowest BCUT2D eigenvalue weighted by Gasteiger charge is -2.32. The predicted molar refractivity (Wildman–Crippen MR) is 398 cm³/mol. The molecule has 3 heterocycles. The third-order valence-electron chi connectivity index (χ3n) is 19.3. The van der Waals surface area contributed by atoms with E-state index in [1.54, 1.807) is 113 Å². The number of fused-ring (bicyclic) bond motifs is 2. The highest BCUT2D eigenvalue weighted by Crippen LogP contribution is 2.25. The van der Waals surface area contributed by atoms with E-state index in [0.717, 1.165) is 0 Å². The highest BCUT2D eigenvalue weighted by Gasteiger charge is 2.44. The van der Waals surface area contributed by atoms with Crippen LogP contribution in [-0.2, 0) is 83.2 Å². The molecule has 0 radical (unpaired) electrons. The number of carbonyl (C=O) groups is 12. The molecule has 7 rings (SSSR count).